The molecule has 10 nitrogen and oxygen atoms in total. The second-order valence-electron chi connectivity index (χ2n) is 9.07. The summed E-state index contributed by atoms with van der Waals surface area (Å²) in [6.45, 7) is 0. The molecule has 1 aliphatic rings. The Morgan fingerprint density at radius 1 is 0.690 bits per heavy atom. The van der Waals surface area contributed by atoms with E-state index in [9.17, 15) is 30.0 Å². The summed E-state index contributed by atoms with van der Waals surface area (Å²) in [5, 5.41) is 46.7. The molecule has 1 aliphatic heterocycles. The predicted octanol–water partition coefficient (Wildman–Crippen LogP) is 4.85. The van der Waals surface area contributed by atoms with Gasteiger partial charge in [0.25, 0.3) is 0 Å². The zero-order valence-corrected chi connectivity index (χ0v) is 22.1. The van der Waals surface area contributed by atoms with E-state index in [-0.39, 0.29) is 28.5 Å². The average molecular weight is 569 g/mol. The van der Waals surface area contributed by atoms with Crippen molar-refractivity contribution in [2.24, 2.45) is 5.10 Å². The van der Waals surface area contributed by atoms with Gasteiger partial charge in [0.15, 0.2) is 0 Å². The second kappa shape index (κ2) is 13.1. The van der Waals surface area contributed by atoms with Crippen molar-refractivity contribution in [3.63, 3.8) is 0 Å². The molecular formula is C32H28N2O8. The molecule has 10 heteroatoms. The number of hydrogen-bond donors (Lipinski definition) is 5. The van der Waals surface area contributed by atoms with Crippen molar-refractivity contribution in [1.82, 2.24) is 0 Å². The monoisotopic (exact) mass is 568 g/mol. The molecule has 0 saturated heterocycles. The van der Waals surface area contributed by atoms with E-state index in [1.165, 1.54) is 17.7 Å². The summed E-state index contributed by atoms with van der Waals surface area (Å²) in [4.78, 5) is 23.2. The molecular weight excluding hydrogens is 540 g/mol. The minimum Gasteiger partial charge on any atom is -0.507 e. The van der Waals surface area contributed by atoms with Crippen LogP contribution in [0.2, 0.25) is 0 Å². The minimum atomic E-state index is -1.28. The number of benzene rings is 5. The third kappa shape index (κ3) is 6.04. The maximum atomic E-state index is 11.6. The van der Waals surface area contributed by atoms with Crippen LogP contribution in [0.3, 0.4) is 0 Å². The lowest BCUT2D eigenvalue weighted by Gasteiger charge is -2.16. The van der Waals surface area contributed by atoms with Gasteiger partial charge in [-0.1, -0.05) is 72.8 Å². The molecule has 214 valence electrons. The Morgan fingerprint density at radius 2 is 1.17 bits per heavy atom. The Hall–Kier alpha value is -5.71. The number of phenols is 2. The van der Waals surface area contributed by atoms with Crippen LogP contribution >= 0.6 is 0 Å². The number of nitrogens with one attached hydrogen (secondary N) is 1. The molecule has 0 aliphatic carbocycles. The number of nitrogens with zero attached hydrogens (tertiary/aromatic N) is 1. The number of anilines is 1. The summed E-state index contributed by atoms with van der Waals surface area (Å²) in [6, 6.07) is 24.8. The van der Waals surface area contributed by atoms with Crippen LogP contribution in [0.15, 0.2) is 96.1 Å². The maximum absolute atomic E-state index is 11.6. The van der Waals surface area contributed by atoms with Crippen LogP contribution in [0, 0.1) is 0 Å². The summed E-state index contributed by atoms with van der Waals surface area (Å²) in [5.41, 5.74) is 5.27. The Labute approximate surface area is 239 Å². The molecule has 6 rings (SSSR count). The van der Waals surface area contributed by atoms with Crippen molar-refractivity contribution < 1.29 is 41.0 Å². The molecule has 9 N–H and O–H groups in total. The molecule has 0 bridgehead atoms. The molecule has 5 aromatic rings. The fourth-order valence-electron chi connectivity index (χ4n) is 4.72. The molecule has 0 atom stereocenters. The first-order valence-corrected chi connectivity index (χ1v) is 12.3. The number of hydrogen-bond acceptors (Lipinski definition) is 6. The summed E-state index contributed by atoms with van der Waals surface area (Å²) >= 11 is 0. The molecule has 5 aromatic carbocycles. The van der Waals surface area contributed by atoms with Gasteiger partial charge in [-0.05, 0) is 51.4 Å². The van der Waals surface area contributed by atoms with Crippen LogP contribution in [-0.2, 0) is 6.42 Å². The third-order valence-corrected chi connectivity index (χ3v) is 6.65. The van der Waals surface area contributed by atoms with E-state index < -0.39 is 23.4 Å². The van der Waals surface area contributed by atoms with Crippen molar-refractivity contribution in [1.29, 1.82) is 0 Å². The predicted molar refractivity (Wildman–Crippen MR) is 163 cm³/mol. The Kier molecular flexibility index (Phi) is 9.61. The molecule has 0 fully saturated rings. The molecule has 0 aromatic heterocycles. The first-order chi connectivity index (χ1) is 19.3. The van der Waals surface area contributed by atoms with E-state index in [1.807, 2.05) is 36.4 Å². The van der Waals surface area contributed by atoms with Gasteiger partial charge in [-0.3, -0.25) is 5.43 Å². The summed E-state index contributed by atoms with van der Waals surface area (Å²) in [7, 11) is 0. The van der Waals surface area contributed by atoms with Crippen molar-refractivity contribution >= 4 is 51.5 Å². The summed E-state index contributed by atoms with van der Waals surface area (Å²) in [5.74, 6) is -3.36. The number of fused-ring (bicyclic) bond motifs is 3. The Balaban J connectivity index is 0.000000313. The number of carbonyl (C=O) groups is 2. The highest BCUT2D eigenvalue weighted by atomic mass is 16.4. The quantitative estimate of drug-likeness (QED) is 0.204. The number of aromatic carboxylic acids is 2. The van der Waals surface area contributed by atoms with Crippen LogP contribution in [0.5, 0.6) is 11.5 Å². The van der Waals surface area contributed by atoms with Crippen molar-refractivity contribution in [2.45, 2.75) is 6.42 Å². The van der Waals surface area contributed by atoms with Crippen molar-refractivity contribution in [2.75, 3.05) is 5.43 Å². The molecule has 0 saturated carbocycles. The second-order valence-corrected chi connectivity index (χ2v) is 9.07. The smallest absolute Gasteiger partial charge is 0.339 e. The first kappa shape index (κ1) is 30.8. The molecule has 1 heterocycles. The highest BCUT2D eigenvalue weighted by molar-refractivity contribution is 6.02. The van der Waals surface area contributed by atoms with E-state index in [2.05, 4.69) is 10.5 Å². The highest BCUT2D eigenvalue weighted by Crippen LogP contribution is 2.38. The number of para-hydroxylation sites is 1. The zero-order chi connectivity index (χ0) is 28.2. The summed E-state index contributed by atoms with van der Waals surface area (Å²) in [6.07, 6.45) is 5.64. The number of carboxylic acids is 2. The van der Waals surface area contributed by atoms with Gasteiger partial charge in [-0.2, -0.15) is 5.10 Å². The van der Waals surface area contributed by atoms with E-state index >= 15 is 0 Å². The summed E-state index contributed by atoms with van der Waals surface area (Å²) < 4.78 is 0. The van der Waals surface area contributed by atoms with Gasteiger partial charge in [0, 0.05) is 23.8 Å². The molecule has 0 spiro atoms. The van der Waals surface area contributed by atoms with Gasteiger partial charge < -0.3 is 31.4 Å². The van der Waals surface area contributed by atoms with E-state index in [1.54, 1.807) is 54.7 Å². The van der Waals surface area contributed by atoms with Crippen molar-refractivity contribution in [3.8, 4) is 11.5 Å². The Morgan fingerprint density at radius 3 is 1.69 bits per heavy atom. The molecule has 42 heavy (non-hydrogen) atoms. The van der Waals surface area contributed by atoms with Gasteiger partial charge >= 0.3 is 11.9 Å². The van der Waals surface area contributed by atoms with Crippen LogP contribution in [0.25, 0.3) is 27.6 Å². The van der Waals surface area contributed by atoms with Crippen LogP contribution in [0.1, 0.15) is 37.4 Å². The number of rotatable bonds is 4. The van der Waals surface area contributed by atoms with Crippen molar-refractivity contribution in [3.05, 3.63) is 119 Å². The topological polar surface area (TPSA) is 202 Å². The SMILES string of the molecule is C1=Cc2ccccc2NN=C1.O.O.O=C(O)c1cc2ccccc2c(Cc2c(O)c(C(=O)O)cc3ccccc23)c1O. The van der Waals surface area contributed by atoms with Gasteiger partial charge in [-0.25, -0.2) is 9.59 Å². The van der Waals surface area contributed by atoms with E-state index in [0.29, 0.717) is 32.7 Å². The lowest BCUT2D eigenvalue weighted by molar-refractivity contribution is 0.0682. The molecule has 0 unspecified atom stereocenters. The number of allylic oxidation sites excluding steroid dienone is 1. The largest absolute Gasteiger partial charge is 0.507 e. The van der Waals surface area contributed by atoms with E-state index in [0.717, 1.165) is 5.69 Å². The minimum absolute atomic E-state index is 0. The van der Waals surface area contributed by atoms with E-state index in [4.69, 9.17) is 0 Å². The van der Waals surface area contributed by atoms with Crippen LogP contribution < -0.4 is 5.43 Å². The average Bonchev–Trinajstić information content (AvgIpc) is 3.21. The zero-order valence-electron chi connectivity index (χ0n) is 22.1. The number of hydrazone groups is 1. The van der Waals surface area contributed by atoms with Crippen LogP contribution in [-0.4, -0.2) is 49.5 Å². The Bertz CT molecular complexity index is 1750. The molecule has 0 amide bonds. The first-order valence-electron chi connectivity index (χ1n) is 12.3. The number of carboxylic acid groups (broad SMARTS) is 2. The fraction of sp³-hybridized carbons (Fsp3) is 0.0312. The number of aromatic hydroxyl groups is 2. The van der Waals surface area contributed by atoms with Gasteiger partial charge in [0.05, 0.1) is 5.69 Å². The maximum Gasteiger partial charge on any atom is 0.339 e. The lowest BCUT2D eigenvalue weighted by atomic mass is 9.90. The normalized spacial score (nSPS) is 11.1. The third-order valence-electron chi connectivity index (χ3n) is 6.65. The van der Waals surface area contributed by atoms with Gasteiger partial charge in [-0.15, -0.1) is 0 Å². The fourth-order valence-corrected chi connectivity index (χ4v) is 4.72. The van der Waals surface area contributed by atoms with Gasteiger partial charge in [0.2, 0.25) is 0 Å². The van der Waals surface area contributed by atoms with Crippen LogP contribution in [0.4, 0.5) is 5.69 Å². The highest BCUT2D eigenvalue weighted by Gasteiger charge is 2.22. The van der Waals surface area contributed by atoms with Gasteiger partial charge in [0.1, 0.15) is 22.6 Å². The standard InChI is InChI=1S/C23H16O6.C9H8N2.2H2O/c24-20-16(14-7-3-1-5-12(14)9-18(20)22(26)27)11-17-15-8-4-2-6-13(15)10-19(21(17)25)23(28)29;1-2-6-9-8(4-1)5-3-7-10-11-9;;/h1-10,24-25H,11H2,(H,26,27)(H,28,29);1-7,11H;2*1H2. The molecule has 0 radical (unpaired) electrons. The lowest BCUT2D eigenvalue weighted by Crippen LogP contribution is -2.04.